The topological polar surface area (TPSA) is 24.9 Å². The van der Waals surface area contributed by atoms with E-state index in [-0.39, 0.29) is 11.5 Å². The summed E-state index contributed by atoms with van der Waals surface area (Å²) < 4.78 is 0. The molecule has 0 spiro atoms. The van der Waals surface area contributed by atoms with Crippen LogP contribution in [0.1, 0.15) is 36.1 Å². The van der Waals surface area contributed by atoms with E-state index in [2.05, 4.69) is 207 Å². The van der Waals surface area contributed by atoms with Crippen LogP contribution in [0.25, 0.3) is 77.0 Å². The number of aromatic nitrogens is 1. The summed E-state index contributed by atoms with van der Waals surface area (Å²) in [6.07, 6.45) is 8.48. The quantitative estimate of drug-likeness (QED) is 0.181. The number of benzene rings is 8. The maximum atomic E-state index is 5.11. The molecule has 0 bridgehead atoms. The Morgan fingerprint density at radius 1 is 0.508 bits per heavy atom. The minimum Gasteiger partial charge on any atom is -0.380 e. The van der Waals surface area contributed by atoms with Gasteiger partial charge in [-0.3, -0.25) is 4.98 Å². The van der Waals surface area contributed by atoms with Gasteiger partial charge in [0.25, 0.3) is 0 Å². The van der Waals surface area contributed by atoms with Crippen LogP contribution in [-0.2, 0) is 5.41 Å². The molecule has 2 aliphatic carbocycles. The van der Waals surface area contributed by atoms with E-state index in [0.717, 1.165) is 5.52 Å². The summed E-state index contributed by atoms with van der Waals surface area (Å²) in [5.41, 5.74) is 17.4. The first kappa shape index (κ1) is 33.8. The van der Waals surface area contributed by atoms with Gasteiger partial charge in [0, 0.05) is 22.6 Å². The second-order valence-electron chi connectivity index (χ2n) is 16.7. The molecule has 1 unspecified atom stereocenters. The van der Waals surface area contributed by atoms with Gasteiger partial charge >= 0.3 is 0 Å². The monoisotopic (exact) mass is 752 g/mol. The Kier molecular flexibility index (Phi) is 7.37. The summed E-state index contributed by atoms with van der Waals surface area (Å²) in [6, 6.07) is 62.9. The Hall–Kier alpha value is -7.29. The first-order valence-corrected chi connectivity index (χ1v) is 20.7. The second-order valence-corrected chi connectivity index (χ2v) is 16.7. The molecule has 0 amide bonds. The predicted molar refractivity (Wildman–Crippen MR) is 246 cm³/mol. The minimum atomic E-state index is -0.222. The third-order valence-corrected chi connectivity index (χ3v) is 13.2. The molecule has 1 atom stereocenters. The molecule has 8 aromatic carbocycles. The predicted octanol–water partition coefficient (Wildman–Crippen LogP) is 12.0. The van der Waals surface area contributed by atoms with Crippen LogP contribution in [0.5, 0.6) is 0 Å². The summed E-state index contributed by atoms with van der Waals surface area (Å²) >= 11 is 0. The van der Waals surface area contributed by atoms with Crippen LogP contribution in [-0.4, -0.2) is 11.0 Å². The molecule has 0 saturated heterocycles. The molecule has 2 nitrogen and oxygen atoms in total. The summed E-state index contributed by atoms with van der Waals surface area (Å²) in [5.74, 6) is 0. The molecule has 1 N–H and O–H groups in total. The highest BCUT2D eigenvalue weighted by molar-refractivity contribution is 6.20. The maximum absolute atomic E-state index is 5.11. The number of dihydropyridines is 1. The SMILES string of the molecule is CC1(C)c2cc(C3=c4ccccc4=C(c4ccccc4)C4NC=CC=C34)ccc2-c2ccc(-c3c4ccccc4c(-c4ccc5ccccc5c4)c4ncccc34)cc21. The van der Waals surface area contributed by atoms with Crippen molar-refractivity contribution in [3.63, 3.8) is 0 Å². The van der Waals surface area contributed by atoms with Crippen molar-refractivity contribution >= 4 is 43.6 Å². The molecule has 2 heteroatoms. The number of hydrogen-bond acceptors (Lipinski definition) is 2. The number of hydrogen-bond donors (Lipinski definition) is 1. The van der Waals surface area contributed by atoms with Crippen LogP contribution in [0.15, 0.2) is 200 Å². The van der Waals surface area contributed by atoms with Gasteiger partial charge in [-0.25, -0.2) is 0 Å². The van der Waals surface area contributed by atoms with E-state index in [1.54, 1.807) is 0 Å². The van der Waals surface area contributed by atoms with Gasteiger partial charge in [0.15, 0.2) is 0 Å². The smallest absolute Gasteiger partial charge is 0.0792 e. The number of pyridine rings is 1. The zero-order chi connectivity index (χ0) is 39.2. The van der Waals surface area contributed by atoms with Gasteiger partial charge in [-0.05, 0) is 135 Å². The molecule has 12 rings (SSSR count). The lowest BCUT2D eigenvalue weighted by atomic mass is 9.76. The van der Waals surface area contributed by atoms with Crippen LogP contribution in [0.3, 0.4) is 0 Å². The summed E-state index contributed by atoms with van der Waals surface area (Å²) in [5, 5.41) is 12.4. The van der Waals surface area contributed by atoms with Crippen molar-refractivity contribution in [3.8, 4) is 33.4 Å². The number of rotatable bonds is 4. The van der Waals surface area contributed by atoms with Crippen molar-refractivity contribution in [2.45, 2.75) is 25.3 Å². The standard InChI is InChI=1S/C57H40N2/c1-57(2)49-33-39(51-43-18-8-10-20-45(43)53(36-15-4-3-5-16-36)55-47(51)22-12-30-58-55)26-28-41(49)42-29-27-40(34-50(42)57)52-44-19-9-11-21-46(44)54(56-48(52)23-13-31-59-56)38-25-24-35-14-6-7-17-37(35)32-38/h3-34,55,58H,1-2H3. The average molecular weight is 753 g/mol. The van der Waals surface area contributed by atoms with Gasteiger partial charge in [-0.1, -0.05) is 166 Å². The normalized spacial score (nSPS) is 16.0. The van der Waals surface area contributed by atoms with Gasteiger partial charge in [0.2, 0.25) is 0 Å². The van der Waals surface area contributed by atoms with Gasteiger partial charge < -0.3 is 5.32 Å². The molecule has 59 heavy (non-hydrogen) atoms. The fraction of sp³-hybridized carbons (Fsp3) is 0.0702. The van der Waals surface area contributed by atoms with Crippen molar-refractivity contribution in [2.75, 3.05) is 0 Å². The van der Waals surface area contributed by atoms with E-state index < -0.39 is 0 Å². The first-order chi connectivity index (χ1) is 29.0. The zero-order valence-electron chi connectivity index (χ0n) is 33.0. The van der Waals surface area contributed by atoms with Crippen LogP contribution < -0.4 is 15.8 Å². The fourth-order valence-electron chi connectivity index (χ4n) is 10.5. The van der Waals surface area contributed by atoms with E-state index in [4.69, 9.17) is 4.98 Å². The first-order valence-electron chi connectivity index (χ1n) is 20.7. The highest BCUT2D eigenvalue weighted by atomic mass is 14.9. The van der Waals surface area contributed by atoms with Crippen LogP contribution >= 0.6 is 0 Å². The third-order valence-electron chi connectivity index (χ3n) is 13.2. The Morgan fingerprint density at radius 3 is 1.95 bits per heavy atom. The lowest BCUT2D eigenvalue weighted by Gasteiger charge is -2.32. The highest BCUT2D eigenvalue weighted by Crippen LogP contribution is 2.52. The molecule has 0 saturated carbocycles. The largest absolute Gasteiger partial charge is 0.380 e. The summed E-state index contributed by atoms with van der Waals surface area (Å²) in [7, 11) is 0. The highest BCUT2D eigenvalue weighted by Gasteiger charge is 2.37. The Morgan fingerprint density at radius 2 is 1.14 bits per heavy atom. The summed E-state index contributed by atoms with van der Waals surface area (Å²) in [6.45, 7) is 4.80. The third kappa shape index (κ3) is 5.03. The van der Waals surface area contributed by atoms with E-state index in [1.807, 2.05) is 6.20 Å². The zero-order valence-corrected chi connectivity index (χ0v) is 33.0. The fourth-order valence-corrected chi connectivity index (χ4v) is 10.5. The summed E-state index contributed by atoms with van der Waals surface area (Å²) in [4.78, 5) is 5.11. The van der Waals surface area contributed by atoms with E-state index in [0.29, 0.717) is 0 Å². The van der Waals surface area contributed by atoms with E-state index in [9.17, 15) is 0 Å². The van der Waals surface area contributed by atoms with Crippen molar-refractivity contribution in [1.82, 2.24) is 10.3 Å². The molecule has 3 aliphatic rings. The van der Waals surface area contributed by atoms with Gasteiger partial charge in [-0.2, -0.15) is 0 Å². The van der Waals surface area contributed by atoms with E-state index >= 15 is 0 Å². The lowest BCUT2D eigenvalue weighted by Crippen LogP contribution is -2.44. The molecule has 9 aromatic rings. The van der Waals surface area contributed by atoms with Gasteiger partial charge in [0.1, 0.15) is 0 Å². The molecular weight excluding hydrogens is 713 g/mol. The Balaban J connectivity index is 1.03. The van der Waals surface area contributed by atoms with Gasteiger partial charge in [0.05, 0.1) is 11.6 Å². The van der Waals surface area contributed by atoms with Crippen LogP contribution in [0.2, 0.25) is 0 Å². The minimum absolute atomic E-state index is 0.0556. The number of nitrogens with zero attached hydrogens (tertiary/aromatic N) is 1. The molecule has 278 valence electrons. The molecule has 0 fully saturated rings. The Bertz CT molecular complexity index is 3380. The van der Waals surface area contributed by atoms with Crippen LogP contribution in [0.4, 0.5) is 0 Å². The maximum Gasteiger partial charge on any atom is 0.0792 e. The van der Waals surface area contributed by atoms with Gasteiger partial charge in [-0.15, -0.1) is 0 Å². The molecule has 1 aromatic heterocycles. The Labute approximate surface area is 343 Å². The number of allylic oxidation sites excluding steroid dienone is 2. The molecule has 1 aliphatic heterocycles. The number of fused-ring (bicyclic) bond motifs is 8. The van der Waals surface area contributed by atoms with Crippen molar-refractivity contribution in [1.29, 1.82) is 0 Å². The second kappa shape index (κ2) is 12.9. The number of nitrogens with one attached hydrogen (secondary N) is 1. The van der Waals surface area contributed by atoms with Crippen molar-refractivity contribution in [3.05, 3.63) is 233 Å². The lowest BCUT2D eigenvalue weighted by molar-refractivity contribution is 0.660. The van der Waals surface area contributed by atoms with Crippen molar-refractivity contribution < 1.29 is 0 Å². The molecule has 0 radical (unpaired) electrons. The average Bonchev–Trinajstić information content (AvgIpc) is 3.51. The molecular formula is C57H40N2. The van der Waals surface area contributed by atoms with Crippen molar-refractivity contribution in [2.24, 2.45) is 0 Å². The van der Waals surface area contributed by atoms with E-state index in [1.165, 1.54) is 110 Å². The molecule has 2 heterocycles. The van der Waals surface area contributed by atoms with Crippen LogP contribution in [0, 0.1) is 0 Å².